The number of nitrogens with zero attached hydrogens (tertiary/aromatic N) is 3. The van der Waals surface area contributed by atoms with Crippen LogP contribution in [0.25, 0.3) is 21.8 Å². The molecule has 0 aliphatic rings. The number of carbonyl (C=O) groups is 2. The van der Waals surface area contributed by atoms with Gasteiger partial charge in [0, 0.05) is 11.4 Å². The Morgan fingerprint density at radius 1 is 0.976 bits per heavy atom. The van der Waals surface area contributed by atoms with Gasteiger partial charge in [-0.3, -0.25) is 4.79 Å². The molecule has 41 heavy (non-hydrogen) atoms. The molecule has 2 aromatic heterocycles. The van der Waals surface area contributed by atoms with Gasteiger partial charge in [-0.25, -0.2) is 9.18 Å². The summed E-state index contributed by atoms with van der Waals surface area (Å²) in [4.78, 5) is 26.6. The zero-order chi connectivity index (χ0) is 28.6. The fourth-order valence-corrected chi connectivity index (χ4v) is 6.04. The Bertz CT molecular complexity index is 1640. The number of hydrogen-bond acceptors (Lipinski definition) is 7. The number of ether oxygens (including phenoxy) is 1. The van der Waals surface area contributed by atoms with Gasteiger partial charge >= 0.3 is 5.97 Å². The lowest BCUT2D eigenvalue weighted by molar-refractivity contribution is -0.113. The zero-order valence-electron chi connectivity index (χ0n) is 22.2. The van der Waals surface area contributed by atoms with Crippen molar-refractivity contribution in [2.45, 2.75) is 25.0 Å². The van der Waals surface area contributed by atoms with Gasteiger partial charge in [0.15, 0.2) is 11.0 Å². The molecule has 0 aliphatic carbocycles. The van der Waals surface area contributed by atoms with Gasteiger partial charge in [0.1, 0.15) is 10.8 Å². The summed E-state index contributed by atoms with van der Waals surface area (Å²) in [5, 5.41) is 12.4. The van der Waals surface area contributed by atoms with Crippen LogP contribution >= 0.6 is 23.1 Å². The molecule has 208 valence electrons. The molecule has 10 heteroatoms. The Labute approximate surface area is 245 Å². The molecule has 0 aliphatic heterocycles. The summed E-state index contributed by atoms with van der Waals surface area (Å²) in [5.74, 6) is -0.788. The second-order valence-electron chi connectivity index (χ2n) is 8.95. The van der Waals surface area contributed by atoms with Gasteiger partial charge in [-0.2, -0.15) is 0 Å². The molecule has 0 saturated heterocycles. The van der Waals surface area contributed by atoms with Crippen LogP contribution in [0.5, 0.6) is 0 Å². The third-order valence-electron chi connectivity index (χ3n) is 6.17. The van der Waals surface area contributed by atoms with Crippen LogP contribution in [-0.4, -0.2) is 39.0 Å². The van der Waals surface area contributed by atoms with E-state index in [1.54, 1.807) is 31.2 Å². The third kappa shape index (κ3) is 6.90. The molecule has 7 nitrogen and oxygen atoms in total. The van der Waals surface area contributed by atoms with Gasteiger partial charge < -0.3 is 14.6 Å². The Morgan fingerprint density at radius 2 is 1.68 bits per heavy atom. The van der Waals surface area contributed by atoms with Crippen molar-refractivity contribution in [3.8, 4) is 21.8 Å². The maximum atomic E-state index is 14.7. The monoisotopic (exact) mass is 586 g/mol. The summed E-state index contributed by atoms with van der Waals surface area (Å²) in [5.41, 5.74) is 2.70. The first kappa shape index (κ1) is 28.3. The van der Waals surface area contributed by atoms with Gasteiger partial charge in [0.25, 0.3) is 0 Å². The van der Waals surface area contributed by atoms with Crippen molar-refractivity contribution in [1.82, 2.24) is 14.8 Å². The number of rotatable bonds is 11. The summed E-state index contributed by atoms with van der Waals surface area (Å²) in [6.45, 7) is 2.46. The molecule has 2 heterocycles. The molecule has 0 spiro atoms. The number of nitrogens with one attached hydrogen (secondary N) is 1. The Balaban J connectivity index is 1.35. The summed E-state index contributed by atoms with van der Waals surface area (Å²) in [7, 11) is 0. The number of esters is 1. The molecular formula is C31H27FN4O3S2. The van der Waals surface area contributed by atoms with Gasteiger partial charge in [-0.1, -0.05) is 84.6 Å². The van der Waals surface area contributed by atoms with Gasteiger partial charge in [-0.15, -0.1) is 21.5 Å². The summed E-state index contributed by atoms with van der Waals surface area (Å²) in [6.07, 6.45) is 0.681. The van der Waals surface area contributed by atoms with Crippen molar-refractivity contribution in [2.75, 3.05) is 17.7 Å². The third-order valence-corrected chi connectivity index (χ3v) is 8.24. The first-order valence-electron chi connectivity index (χ1n) is 13.0. The van der Waals surface area contributed by atoms with Crippen LogP contribution < -0.4 is 5.32 Å². The van der Waals surface area contributed by atoms with Crippen molar-refractivity contribution >= 4 is 40.0 Å². The van der Waals surface area contributed by atoms with Crippen LogP contribution in [0, 0.1) is 5.82 Å². The van der Waals surface area contributed by atoms with Crippen molar-refractivity contribution in [2.24, 2.45) is 0 Å². The van der Waals surface area contributed by atoms with Crippen LogP contribution in [0.4, 0.5) is 9.39 Å². The van der Waals surface area contributed by atoms with Crippen LogP contribution in [0.2, 0.25) is 0 Å². The maximum Gasteiger partial charge on any atom is 0.341 e. The number of carbonyl (C=O) groups excluding carboxylic acids is 2. The average Bonchev–Trinajstić information content (AvgIpc) is 3.60. The highest BCUT2D eigenvalue weighted by Crippen LogP contribution is 2.36. The molecule has 5 aromatic rings. The van der Waals surface area contributed by atoms with Crippen molar-refractivity contribution in [3.63, 3.8) is 0 Å². The summed E-state index contributed by atoms with van der Waals surface area (Å²) < 4.78 is 21.7. The fraction of sp³-hybridized carbons (Fsp3) is 0.161. The van der Waals surface area contributed by atoms with Gasteiger partial charge in [-0.05, 0) is 42.7 Å². The Kier molecular flexibility index (Phi) is 9.22. The van der Waals surface area contributed by atoms with E-state index in [2.05, 4.69) is 15.5 Å². The van der Waals surface area contributed by atoms with Gasteiger partial charge in [0.05, 0.1) is 23.5 Å². The molecule has 0 bridgehead atoms. The van der Waals surface area contributed by atoms with Crippen molar-refractivity contribution < 1.29 is 18.7 Å². The number of benzene rings is 3. The lowest BCUT2D eigenvalue weighted by atomic mass is 10.1. The topological polar surface area (TPSA) is 86.1 Å². The van der Waals surface area contributed by atoms with Crippen LogP contribution in [0.1, 0.15) is 22.8 Å². The van der Waals surface area contributed by atoms with E-state index < -0.39 is 11.8 Å². The molecular weight excluding hydrogens is 559 g/mol. The fourth-order valence-electron chi connectivity index (χ4n) is 4.21. The quantitative estimate of drug-likeness (QED) is 0.133. The lowest BCUT2D eigenvalue weighted by Crippen LogP contribution is -2.16. The van der Waals surface area contributed by atoms with Crippen molar-refractivity contribution in [1.29, 1.82) is 0 Å². The normalized spacial score (nSPS) is 10.9. The highest BCUT2D eigenvalue weighted by atomic mass is 32.2. The average molecular weight is 587 g/mol. The second kappa shape index (κ2) is 13.4. The first-order chi connectivity index (χ1) is 20.0. The molecule has 0 atom stereocenters. The SMILES string of the molecule is CCOC(=O)c1cc(-c2ccccc2)sc1NC(=O)CSc1nnc(-c2ccccc2F)n1CCc1ccccc1. The van der Waals surface area contributed by atoms with Crippen LogP contribution in [-0.2, 0) is 22.5 Å². The van der Waals surface area contributed by atoms with E-state index in [1.807, 2.05) is 65.2 Å². The number of amides is 1. The Morgan fingerprint density at radius 3 is 2.41 bits per heavy atom. The van der Waals surface area contributed by atoms with Crippen molar-refractivity contribution in [3.05, 3.63) is 108 Å². The largest absolute Gasteiger partial charge is 0.462 e. The van der Waals surface area contributed by atoms with Gasteiger partial charge in [0.2, 0.25) is 5.91 Å². The Hall–Kier alpha value is -4.28. The molecule has 1 amide bonds. The molecule has 5 rings (SSSR count). The second-order valence-corrected chi connectivity index (χ2v) is 10.9. The lowest BCUT2D eigenvalue weighted by Gasteiger charge is -2.11. The number of hydrogen-bond donors (Lipinski definition) is 1. The number of anilines is 1. The van der Waals surface area contributed by atoms with E-state index in [4.69, 9.17) is 4.74 Å². The van der Waals surface area contributed by atoms with Crippen LogP contribution in [0.15, 0.2) is 96.2 Å². The summed E-state index contributed by atoms with van der Waals surface area (Å²) in [6, 6.07) is 27.7. The van der Waals surface area contributed by atoms with Crippen LogP contribution in [0.3, 0.4) is 0 Å². The van der Waals surface area contributed by atoms with E-state index in [1.165, 1.54) is 29.2 Å². The first-order valence-corrected chi connectivity index (χ1v) is 14.8. The number of aromatic nitrogens is 3. The molecule has 0 fully saturated rings. The minimum Gasteiger partial charge on any atom is -0.462 e. The smallest absolute Gasteiger partial charge is 0.341 e. The van der Waals surface area contributed by atoms with E-state index in [9.17, 15) is 14.0 Å². The zero-order valence-corrected chi connectivity index (χ0v) is 23.9. The molecule has 1 N–H and O–H groups in total. The van der Waals surface area contributed by atoms with E-state index in [0.29, 0.717) is 40.1 Å². The number of halogens is 1. The molecule has 0 saturated carbocycles. The highest BCUT2D eigenvalue weighted by Gasteiger charge is 2.22. The summed E-state index contributed by atoms with van der Waals surface area (Å²) >= 11 is 2.51. The predicted molar refractivity (Wildman–Crippen MR) is 161 cm³/mol. The minimum atomic E-state index is -0.496. The standard InChI is InChI=1S/C31H27FN4O3S2/c1-2-39-30(38)24-19-26(22-13-7-4-8-14-22)41-29(24)33-27(37)20-40-31-35-34-28(23-15-9-10-16-25(23)32)36(31)18-17-21-11-5-3-6-12-21/h3-16,19H,2,17-18,20H2,1H3,(H,33,37). The number of aryl methyl sites for hydroxylation is 1. The van der Waals surface area contributed by atoms with E-state index in [0.717, 1.165) is 16.0 Å². The number of thiophene rings is 1. The number of thioether (sulfide) groups is 1. The highest BCUT2D eigenvalue weighted by molar-refractivity contribution is 7.99. The molecule has 0 radical (unpaired) electrons. The molecule has 0 unspecified atom stereocenters. The minimum absolute atomic E-state index is 0.0155. The molecule has 3 aromatic carbocycles. The van der Waals surface area contributed by atoms with E-state index in [-0.39, 0.29) is 18.3 Å². The predicted octanol–water partition coefficient (Wildman–Crippen LogP) is 6.96. The van der Waals surface area contributed by atoms with E-state index >= 15 is 0 Å². The maximum absolute atomic E-state index is 14.7.